The van der Waals surface area contributed by atoms with E-state index in [1.54, 1.807) is 7.11 Å². The highest BCUT2D eigenvalue weighted by atomic mass is 32.1. The van der Waals surface area contributed by atoms with Gasteiger partial charge in [0.1, 0.15) is 5.75 Å². The number of likely N-dealkylation sites (N-methyl/N-ethyl adjacent to an activating group) is 1. The standard InChI is InChI=1S/C24H32F3N5OS2/c1-4-31(5-2)14-15-32(23(35)30-20-10-7-11-21(17-20)33-3)13-12-28-22(34)29-19-9-6-8-18(16-19)24(25,26)27/h6-11,16-17H,4-5,12-15H2,1-3H3,(H,30,35)(H2,28,29,34). The predicted octanol–water partition coefficient (Wildman–Crippen LogP) is 5.04. The van der Waals surface area contributed by atoms with Gasteiger partial charge in [0, 0.05) is 43.6 Å². The molecule has 0 spiro atoms. The zero-order valence-corrected chi connectivity index (χ0v) is 21.7. The lowest BCUT2D eigenvalue weighted by Crippen LogP contribution is -2.45. The Labute approximate surface area is 215 Å². The minimum atomic E-state index is -4.41. The van der Waals surface area contributed by atoms with Crippen LogP contribution in [0.3, 0.4) is 0 Å². The molecule has 0 amide bonds. The van der Waals surface area contributed by atoms with Gasteiger partial charge in [-0.1, -0.05) is 26.0 Å². The molecule has 2 rings (SSSR count). The van der Waals surface area contributed by atoms with Crippen molar-refractivity contribution in [2.24, 2.45) is 0 Å². The van der Waals surface area contributed by atoms with E-state index >= 15 is 0 Å². The first-order valence-electron chi connectivity index (χ1n) is 11.3. The molecule has 0 fully saturated rings. The van der Waals surface area contributed by atoms with Gasteiger partial charge in [-0.3, -0.25) is 0 Å². The molecule has 6 nitrogen and oxygen atoms in total. The fraction of sp³-hybridized carbons (Fsp3) is 0.417. The highest BCUT2D eigenvalue weighted by Gasteiger charge is 2.30. The van der Waals surface area contributed by atoms with Gasteiger partial charge in [0.25, 0.3) is 0 Å². The number of alkyl halides is 3. The zero-order valence-electron chi connectivity index (χ0n) is 20.1. The molecular weight excluding hydrogens is 495 g/mol. The molecule has 0 saturated carbocycles. The molecule has 0 bridgehead atoms. The summed E-state index contributed by atoms with van der Waals surface area (Å²) in [7, 11) is 1.61. The molecule has 0 radical (unpaired) electrons. The Morgan fingerprint density at radius 1 is 0.914 bits per heavy atom. The van der Waals surface area contributed by atoms with Crippen molar-refractivity contribution in [3.8, 4) is 5.75 Å². The normalized spacial score (nSPS) is 11.2. The van der Waals surface area contributed by atoms with Crippen molar-refractivity contribution in [2.45, 2.75) is 20.0 Å². The molecule has 3 N–H and O–H groups in total. The molecule has 0 aliphatic heterocycles. The number of nitrogens with zero attached hydrogens (tertiary/aromatic N) is 2. The highest BCUT2D eigenvalue weighted by Crippen LogP contribution is 2.30. The van der Waals surface area contributed by atoms with E-state index in [1.165, 1.54) is 12.1 Å². The van der Waals surface area contributed by atoms with E-state index in [9.17, 15) is 13.2 Å². The van der Waals surface area contributed by atoms with Crippen LogP contribution in [0.1, 0.15) is 19.4 Å². The van der Waals surface area contributed by atoms with Gasteiger partial charge < -0.3 is 30.5 Å². The summed E-state index contributed by atoms with van der Waals surface area (Å²) in [5.74, 6) is 0.722. The molecule has 0 atom stereocenters. The van der Waals surface area contributed by atoms with E-state index < -0.39 is 11.7 Å². The summed E-state index contributed by atoms with van der Waals surface area (Å²) in [6.45, 7) is 8.62. The van der Waals surface area contributed by atoms with Crippen LogP contribution in [-0.2, 0) is 6.18 Å². The molecule has 0 heterocycles. The van der Waals surface area contributed by atoms with Gasteiger partial charge in [0.15, 0.2) is 10.2 Å². The third-order valence-corrected chi connectivity index (χ3v) is 5.91. The lowest BCUT2D eigenvalue weighted by Gasteiger charge is -2.29. The first kappa shape index (κ1) is 28.6. The second-order valence-corrected chi connectivity index (χ2v) is 8.43. The molecule has 11 heteroatoms. The van der Waals surface area contributed by atoms with Gasteiger partial charge in [0.05, 0.1) is 12.7 Å². The monoisotopic (exact) mass is 527 g/mol. The summed E-state index contributed by atoms with van der Waals surface area (Å²) in [6, 6.07) is 12.4. The van der Waals surface area contributed by atoms with E-state index in [0.29, 0.717) is 24.7 Å². The first-order valence-corrected chi connectivity index (χ1v) is 12.1. The Balaban J connectivity index is 1.96. The van der Waals surface area contributed by atoms with Crippen LogP contribution in [0.4, 0.5) is 24.5 Å². The van der Waals surface area contributed by atoms with Crippen LogP contribution < -0.4 is 20.7 Å². The Morgan fingerprint density at radius 2 is 1.57 bits per heavy atom. The second kappa shape index (κ2) is 14.1. The van der Waals surface area contributed by atoms with E-state index in [1.807, 2.05) is 29.2 Å². The maximum Gasteiger partial charge on any atom is 0.416 e. The third kappa shape index (κ3) is 9.87. The van der Waals surface area contributed by atoms with Crippen molar-refractivity contribution >= 4 is 46.0 Å². The van der Waals surface area contributed by atoms with Crippen LogP contribution in [0.2, 0.25) is 0 Å². The lowest BCUT2D eigenvalue weighted by molar-refractivity contribution is -0.137. The molecule has 0 aliphatic rings. The number of methoxy groups -OCH3 is 1. The molecule has 0 unspecified atom stereocenters. The van der Waals surface area contributed by atoms with Gasteiger partial charge >= 0.3 is 6.18 Å². The Morgan fingerprint density at radius 3 is 2.20 bits per heavy atom. The number of rotatable bonds is 11. The van der Waals surface area contributed by atoms with Crippen molar-refractivity contribution in [3.63, 3.8) is 0 Å². The average molecular weight is 528 g/mol. The maximum atomic E-state index is 12.9. The van der Waals surface area contributed by atoms with Gasteiger partial charge in [-0.05, 0) is 67.9 Å². The lowest BCUT2D eigenvalue weighted by atomic mass is 10.2. The topological polar surface area (TPSA) is 51.8 Å². The molecule has 2 aromatic carbocycles. The van der Waals surface area contributed by atoms with Gasteiger partial charge in [-0.2, -0.15) is 13.2 Å². The zero-order chi connectivity index (χ0) is 25.8. The summed E-state index contributed by atoms with van der Waals surface area (Å²) < 4.78 is 44.1. The minimum absolute atomic E-state index is 0.236. The number of hydrogen-bond acceptors (Lipinski definition) is 4. The molecular formula is C24H32F3N5OS2. The van der Waals surface area contributed by atoms with Crippen molar-refractivity contribution in [2.75, 3.05) is 57.0 Å². The van der Waals surface area contributed by atoms with Crippen molar-refractivity contribution in [1.29, 1.82) is 0 Å². The number of thiocarbonyl (C=S) groups is 2. The Hall–Kier alpha value is -2.63. The molecule has 0 aliphatic carbocycles. The number of anilines is 2. The summed E-state index contributed by atoms with van der Waals surface area (Å²) in [5.41, 5.74) is 0.352. The van der Waals surface area contributed by atoms with Crippen LogP contribution in [0, 0.1) is 0 Å². The minimum Gasteiger partial charge on any atom is -0.497 e. The van der Waals surface area contributed by atoms with E-state index in [4.69, 9.17) is 29.2 Å². The molecule has 2 aromatic rings. The Bertz CT molecular complexity index is 970. The molecule has 35 heavy (non-hydrogen) atoms. The molecule has 0 aromatic heterocycles. The van der Waals surface area contributed by atoms with Crippen molar-refractivity contribution in [3.05, 3.63) is 54.1 Å². The maximum absolute atomic E-state index is 12.9. The van der Waals surface area contributed by atoms with E-state index in [-0.39, 0.29) is 10.8 Å². The van der Waals surface area contributed by atoms with Gasteiger partial charge in [-0.15, -0.1) is 0 Å². The molecule has 0 saturated heterocycles. The van der Waals surface area contributed by atoms with Crippen LogP contribution in [0.5, 0.6) is 5.75 Å². The number of hydrogen-bond donors (Lipinski definition) is 3. The number of ether oxygens (including phenoxy) is 1. The van der Waals surface area contributed by atoms with E-state index in [2.05, 4.69) is 34.7 Å². The van der Waals surface area contributed by atoms with Gasteiger partial charge in [0.2, 0.25) is 0 Å². The van der Waals surface area contributed by atoms with Crippen molar-refractivity contribution in [1.82, 2.24) is 15.1 Å². The van der Waals surface area contributed by atoms with Gasteiger partial charge in [-0.25, -0.2) is 0 Å². The third-order valence-electron chi connectivity index (χ3n) is 5.30. The number of benzene rings is 2. The fourth-order valence-electron chi connectivity index (χ4n) is 3.27. The first-order chi connectivity index (χ1) is 16.7. The van der Waals surface area contributed by atoms with Crippen LogP contribution in [0.15, 0.2) is 48.5 Å². The van der Waals surface area contributed by atoms with Crippen LogP contribution in [-0.4, -0.2) is 66.4 Å². The van der Waals surface area contributed by atoms with Crippen LogP contribution >= 0.6 is 24.4 Å². The summed E-state index contributed by atoms with van der Waals surface area (Å²) >= 11 is 10.9. The van der Waals surface area contributed by atoms with E-state index in [0.717, 1.165) is 43.2 Å². The Kier molecular flexibility index (Phi) is 11.5. The number of nitrogens with one attached hydrogen (secondary N) is 3. The molecule has 192 valence electrons. The smallest absolute Gasteiger partial charge is 0.416 e. The fourth-order valence-corrected chi connectivity index (χ4v) is 3.79. The summed E-state index contributed by atoms with van der Waals surface area (Å²) in [6.07, 6.45) is -4.41. The summed E-state index contributed by atoms with van der Waals surface area (Å²) in [4.78, 5) is 4.33. The predicted molar refractivity (Wildman–Crippen MR) is 144 cm³/mol. The second-order valence-electron chi connectivity index (χ2n) is 7.64. The SMILES string of the molecule is CCN(CC)CCN(CCNC(=S)Nc1cccc(C(F)(F)F)c1)C(=S)Nc1cccc(OC)c1. The summed E-state index contributed by atoms with van der Waals surface area (Å²) in [5, 5.41) is 9.90. The van der Waals surface area contributed by atoms with Crippen molar-refractivity contribution < 1.29 is 17.9 Å². The number of halogens is 3. The quantitative estimate of drug-likeness (QED) is 0.352. The average Bonchev–Trinajstić information content (AvgIpc) is 2.83. The highest BCUT2D eigenvalue weighted by molar-refractivity contribution is 7.80. The van der Waals surface area contributed by atoms with Crippen LogP contribution in [0.25, 0.3) is 0 Å². The largest absolute Gasteiger partial charge is 0.497 e.